The summed E-state index contributed by atoms with van der Waals surface area (Å²) in [6.45, 7) is 1.04. The zero-order valence-corrected chi connectivity index (χ0v) is 9.99. The van der Waals surface area contributed by atoms with Gasteiger partial charge in [-0.05, 0) is 6.92 Å². The molecule has 0 aliphatic carbocycles. The van der Waals surface area contributed by atoms with Crippen molar-refractivity contribution >= 4 is 20.5 Å². The molecule has 0 rings (SSSR count). The molecule has 0 fully saturated rings. The van der Waals surface area contributed by atoms with Crippen LogP contribution in [0, 0.1) is 0 Å². The van der Waals surface area contributed by atoms with Crippen LogP contribution in [0.2, 0.25) is 0 Å². The fourth-order valence-electron chi connectivity index (χ4n) is 0.395. The Kier molecular flexibility index (Phi) is 13.0. The summed E-state index contributed by atoms with van der Waals surface area (Å²) in [4.78, 5) is 35.5. The fourth-order valence-corrected chi connectivity index (χ4v) is 2.35. The summed E-state index contributed by atoms with van der Waals surface area (Å²) in [5.74, 6) is 0. The second-order valence-electron chi connectivity index (χ2n) is 1.76. The molecular weight excluding hydrogens is 252 g/mol. The van der Waals surface area contributed by atoms with E-state index in [2.05, 4.69) is 4.52 Å². The second-order valence-corrected chi connectivity index (χ2v) is 5.32. The molecular formula is C3H17N3O7P2. The van der Waals surface area contributed by atoms with Gasteiger partial charge in [-0.25, -0.2) is 0 Å². The van der Waals surface area contributed by atoms with Crippen LogP contribution in [0.15, 0.2) is 0 Å². The molecule has 0 aliphatic rings. The Hall–Kier alpha value is -0.150. The van der Waals surface area contributed by atoms with Gasteiger partial charge in [0.25, 0.3) is 0 Å². The van der Waals surface area contributed by atoms with Crippen LogP contribution >= 0.6 is 15.2 Å². The lowest BCUT2D eigenvalue weighted by molar-refractivity contribution is 0.240. The number of rotatable bonds is 4. The third kappa shape index (κ3) is 7.74. The predicted molar refractivity (Wildman–Crippen MR) is 54.0 cm³/mol. The van der Waals surface area contributed by atoms with Crippen molar-refractivity contribution in [1.29, 1.82) is 0 Å². The summed E-state index contributed by atoms with van der Waals surface area (Å²) < 4.78 is 24.8. The van der Waals surface area contributed by atoms with Gasteiger partial charge in [0.1, 0.15) is 0 Å². The maximum absolute atomic E-state index is 10.7. The molecule has 12 heteroatoms. The van der Waals surface area contributed by atoms with Crippen molar-refractivity contribution in [3.8, 4) is 0 Å². The first kappa shape index (κ1) is 24.2. The van der Waals surface area contributed by atoms with Crippen molar-refractivity contribution in [1.82, 2.24) is 18.5 Å². The monoisotopic (exact) mass is 269 g/mol. The Morgan fingerprint density at radius 1 is 1.13 bits per heavy atom. The summed E-state index contributed by atoms with van der Waals surface area (Å²) in [6, 6.07) is 0. The minimum Gasteiger partial charge on any atom is -0.344 e. The van der Waals surface area contributed by atoms with Gasteiger partial charge in [0.15, 0.2) is 0 Å². The second kappa shape index (κ2) is 8.05. The van der Waals surface area contributed by atoms with Crippen LogP contribution in [-0.2, 0) is 13.7 Å². The molecule has 12 N–H and O–H groups in total. The van der Waals surface area contributed by atoms with Crippen LogP contribution in [-0.4, -0.2) is 26.6 Å². The van der Waals surface area contributed by atoms with Crippen LogP contribution in [0.3, 0.4) is 0 Å². The van der Waals surface area contributed by atoms with E-state index in [9.17, 15) is 13.9 Å². The zero-order valence-electron chi connectivity index (χ0n) is 8.20. The Balaban J connectivity index is -0.000000202. The van der Waals surface area contributed by atoms with E-state index in [1.807, 2.05) is 0 Å². The average molecular weight is 269 g/mol. The summed E-state index contributed by atoms with van der Waals surface area (Å²) in [5, 5.41) is -2.07. The van der Waals surface area contributed by atoms with Crippen LogP contribution in [0.4, 0.5) is 4.79 Å². The minimum atomic E-state index is -5.18. The lowest BCUT2D eigenvalue weighted by Crippen LogP contribution is -2.01. The Bertz CT molecular complexity index is 275. The molecule has 0 amide bonds. The van der Waals surface area contributed by atoms with Gasteiger partial charge in [-0.3, -0.25) is 13.9 Å². The van der Waals surface area contributed by atoms with E-state index in [0.717, 1.165) is 0 Å². The summed E-state index contributed by atoms with van der Waals surface area (Å²) in [7, 11) is -9.99. The van der Waals surface area contributed by atoms with Crippen LogP contribution in [0.1, 0.15) is 6.92 Å². The normalized spacial score (nSPS) is 13.6. The molecule has 0 radical (unpaired) electrons. The summed E-state index contributed by atoms with van der Waals surface area (Å²) in [6.07, 6.45) is 0. The maximum Gasteiger partial charge on any atom is 0.407 e. The Labute approximate surface area is 86.5 Å². The number of carbonyl (C=O) groups excluding carboxylic acids is 1. The molecule has 0 saturated heterocycles. The van der Waals surface area contributed by atoms with Gasteiger partial charge in [0, 0.05) is 0 Å². The number of hydrogen-bond donors (Lipinski definition) is 6. The molecule has 0 aromatic rings. The Morgan fingerprint density at radius 2 is 1.47 bits per heavy atom. The van der Waals surface area contributed by atoms with E-state index in [0.29, 0.717) is 0 Å². The SMILES string of the molecule is CCOP(=O)(O)C(=O)P(=O)(O)O.N.N.N. The molecule has 0 aliphatic heterocycles. The molecule has 0 spiro atoms. The van der Waals surface area contributed by atoms with Gasteiger partial charge >= 0.3 is 20.5 Å². The molecule has 1 atom stereocenters. The van der Waals surface area contributed by atoms with Crippen LogP contribution in [0.25, 0.3) is 0 Å². The first-order chi connectivity index (χ1) is 5.22. The van der Waals surface area contributed by atoms with Gasteiger partial charge in [-0.1, -0.05) is 0 Å². The van der Waals surface area contributed by atoms with Crippen molar-refractivity contribution in [3.63, 3.8) is 0 Å². The van der Waals surface area contributed by atoms with E-state index >= 15 is 0 Å². The highest BCUT2D eigenvalue weighted by Gasteiger charge is 2.43. The topological polar surface area (TPSA) is 226 Å². The number of carbonyl (C=O) groups is 1. The van der Waals surface area contributed by atoms with E-state index in [-0.39, 0.29) is 25.1 Å². The van der Waals surface area contributed by atoms with Gasteiger partial charge < -0.3 is 37.7 Å². The van der Waals surface area contributed by atoms with Crippen LogP contribution < -0.4 is 18.5 Å². The first-order valence-electron chi connectivity index (χ1n) is 2.79. The standard InChI is InChI=1S/C3H8O7P2.3H3N/c1-2-10-12(8,9)3(4)11(5,6)7;;;/h2H2,1H3,(H,8,9)(H2,5,6,7);3*1H3. The van der Waals surface area contributed by atoms with Crippen LogP contribution in [0.5, 0.6) is 0 Å². The van der Waals surface area contributed by atoms with E-state index in [1.165, 1.54) is 6.92 Å². The Morgan fingerprint density at radius 3 is 1.67 bits per heavy atom. The summed E-state index contributed by atoms with van der Waals surface area (Å²) >= 11 is 0. The molecule has 0 heterocycles. The third-order valence-corrected chi connectivity index (χ3v) is 3.92. The molecule has 15 heavy (non-hydrogen) atoms. The largest absolute Gasteiger partial charge is 0.407 e. The molecule has 96 valence electrons. The van der Waals surface area contributed by atoms with Gasteiger partial charge in [0.05, 0.1) is 6.61 Å². The van der Waals surface area contributed by atoms with Gasteiger partial charge in [0.2, 0.25) is 0 Å². The summed E-state index contributed by atoms with van der Waals surface area (Å²) in [5.41, 5.74) is 0. The van der Waals surface area contributed by atoms with Crippen molar-refractivity contribution in [2.45, 2.75) is 6.92 Å². The highest BCUT2D eigenvalue weighted by Crippen LogP contribution is 2.57. The molecule has 1 unspecified atom stereocenters. The van der Waals surface area contributed by atoms with E-state index < -0.39 is 20.5 Å². The minimum absolute atomic E-state index is 0. The van der Waals surface area contributed by atoms with Crippen molar-refractivity contribution in [2.24, 2.45) is 0 Å². The van der Waals surface area contributed by atoms with Crippen molar-refractivity contribution < 1.29 is 33.1 Å². The lowest BCUT2D eigenvalue weighted by Gasteiger charge is -2.08. The lowest BCUT2D eigenvalue weighted by atomic mass is 10.9. The number of hydrogen-bond acceptors (Lipinski definition) is 7. The maximum atomic E-state index is 10.7. The zero-order chi connectivity index (χ0) is 9.99. The van der Waals surface area contributed by atoms with Gasteiger partial charge in [-0.2, -0.15) is 0 Å². The molecule has 0 aromatic carbocycles. The quantitative estimate of drug-likeness (QED) is 0.396. The predicted octanol–water partition coefficient (Wildman–Crippen LogP) is 0.992. The average Bonchev–Trinajstić information content (AvgIpc) is 1.84. The molecule has 10 nitrogen and oxygen atoms in total. The molecule has 0 aromatic heterocycles. The van der Waals surface area contributed by atoms with Crippen molar-refractivity contribution in [3.05, 3.63) is 0 Å². The molecule has 0 bridgehead atoms. The first-order valence-corrected chi connectivity index (χ1v) is 5.98. The fraction of sp³-hybridized carbons (Fsp3) is 0.667. The third-order valence-electron chi connectivity index (χ3n) is 0.795. The smallest absolute Gasteiger partial charge is 0.344 e. The highest BCUT2D eigenvalue weighted by molar-refractivity contribution is 7.97. The van der Waals surface area contributed by atoms with Gasteiger partial charge in [-0.15, -0.1) is 0 Å². The highest BCUT2D eigenvalue weighted by atomic mass is 31.2. The van der Waals surface area contributed by atoms with E-state index in [4.69, 9.17) is 14.7 Å². The van der Waals surface area contributed by atoms with E-state index in [1.54, 1.807) is 0 Å². The van der Waals surface area contributed by atoms with Crippen molar-refractivity contribution in [2.75, 3.05) is 6.61 Å². The molecule has 0 saturated carbocycles.